The molecule has 2 aromatic rings. The number of hydrogen-bond donors (Lipinski definition) is 1. The molecule has 1 saturated heterocycles. The zero-order chi connectivity index (χ0) is 15.3. The van der Waals surface area contributed by atoms with Gasteiger partial charge in [0.2, 0.25) is 0 Å². The van der Waals surface area contributed by atoms with Crippen LogP contribution >= 0.6 is 11.5 Å². The van der Waals surface area contributed by atoms with Crippen molar-refractivity contribution in [3.63, 3.8) is 0 Å². The number of fused-ring (bicyclic) bond motifs is 1. The lowest BCUT2D eigenvalue weighted by Gasteiger charge is -2.22. The molecule has 0 radical (unpaired) electrons. The number of rotatable bonds is 2. The maximum Gasteiger partial charge on any atom is 0.163 e. The Kier molecular flexibility index (Phi) is 3.34. The quantitative estimate of drug-likeness (QED) is 0.924. The fourth-order valence-corrected chi connectivity index (χ4v) is 4.12. The van der Waals surface area contributed by atoms with E-state index in [0.29, 0.717) is 6.42 Å². The normalized spacial score (nSPS) is 33.0. The lowest BCUT2D eigenvalue weighted by atomic mass is 9.93. The minimum Gasteiger partial charge on any atom is -0.390 e. The monoisotopic (exact) mass is 317 g/mol. The molecule has 1 aliphatic carbocycles. The first-order chi connectivity index (χ1) is 10.5. The first-order valence-electron chi connectivity index (χ1n) is 7.57. The number of nitrogens with zero attached hydrogens (tertiary/aromatic N) is 1. The number of aromatic nitrogens is 1. The molecule has 2 heterocycles. The van der Waals surface area contributed by atoms with Crippen LogP contribution in [0.4, 0.5) is 0 Å². The van der Waals surface area contributed by atoms with E-state index in [1.165, 1.54) is 17.1 Å². The molecule has 4 nitrogen and oxygen atoms in total. The van der Waals surface area contributed by atoms with Crippen molar-refractivity contribution in [2.24, 2.45) is 0 Å². The summed E-state index contributed by atoms with van der Waals surface area (Å²) in [6, 6.07) is 8.44. The second-order valence-electron chi connectivity index (χ2n) is 6.51. The maximum atomic E-state index is 10.3. The van der Waals surface area contributed by atoms with Crippen LogP contribution in [0.1, 0.15) is 31.7 Å². The van der Waals surface area contributed by atoms with E-state index in [9.17, 15) is 5.11 Å². The molecule has 0 bridgehead atoms. The van der Waals surface area contributed by atoms with Gasteiger partial charge in [-0.2, -0.15) is 0 Å². The summed E-state index contributed by atoms with van der Waals surface area (Å²) in [5, 5.41) is 12.3. The molecule has 0 amide bonds. The van der Waals surface area contributed by atoms with Crippen LogP contribution in [-0.2, 0) is 9.47 Å². The molecule has 116 valence electrons. The summed E-state index contributed by atoms with van der Waals surface area (Å²) in [7, 11) is 0. The van der Waals surface area contributed by atoms with E-state index in [1.54, 1.807) is 0 Å². The molecule has 2 fully saturated rings. The number of aliphatic hydroxyl groups is 1. The van der Waals surface area contributed by atoms with Crippen molar-refractivity contribution in [3.05, 3.63) is 41.4 Å². The minimum atomic E-state index is -0.621. The number of aliphatic hydroxyl groups excluding tert-OH is 1. The molecule has 22 heavy (non-hydrogen) atoms. The van der Waals surface area contributed by atoms with Crippen LogP contribution in [-0.4, -0.2) is 33.6 Å². The molecule has 4 rings (SSSR count). The highest BCUT2D eigenvalue weighted by Crippen LogP contribution is 2.46. The topological polar surface area (TPSA) is 51.6 Å². The Balaban J connectivity index is 1.66. The van der Waals surface area contributed by atoms with Crippen LogP contribution in [0.5, 0.6) is 0 Å². The van der Waals surface area contributed by atoms with Crippen LogP contribution in [0.25, 0.3) is 11.1 Å². The van der Waals surface area contributed by atoms with Gasteiger partial charge in [0.25, 0.3) is 0 Å². The molecule has 1 saturated carbocycles. The maximum absolute atomic E-state index is 10.3. The second kappa shape index (κ2) is 5.13. The second-order valence-corrected chi connectivity index (χ2v) is 7.17. The average molecular weight is 317 g/mol. The minimum absolute atomic E-state index is 0.0825. The summed E-state index contributed by atoms with van der Waals surface area (Å²) in [6.07, 6.45) is 1.78. The fourth-order valence-electron chi connectivity index (χ4n) is 3.58. The van der Waals surface area contributed by atoms with Crippen molar-refractivity contribution in [1.82, 2.24) is 4.37 Å². The van der Waals surface area contributed by atoms with Crippen LogP contribution in [0.3, 0.4) is 0 Å². The molecule has 4 atom stereocenters. The molecular weight excluding hydrogens is 298 g/mol. The zero-order valence-corrected chi connectivity index (χ0v) is 13.4. The molecule has 1 aliphatic heterocycles. The van der Waals surface area contributed by atoms with Crippen LogP contribution in [0, 0.1) is 0 Å². The van der Waals surface area contributed by atoms with Crippen molar-refractivity contribution in [1.29, 1.82) is 0 Å². The highest BCUT2D eigenvalue weighted by atomic mass is 32.1. The number of ether oxygens (including phenoxy) is 2. The van der Waals surface area contributed by atoms with Crippen molar-refractivity contribution in [2.45, 2.75) is 50.3 Å². The summed E-state index contributed by atoms with van der Waals surface area (Å²) < 4.78 is 16.1. The van der Waals surface area contributed by atoms with E-state index in [1.807, 2.05) is 25.4 Å². The van der Waals surface area contributed by atoms with E-state index >= 15 is 0 Å². The lowest BCUT2D eigenvalue weighted by molar-refractivity contribution is -0.163. The van der Waals surface area contributed by atoms with Gasteiger partial charge < -0.3 is 14.6 Å². The first kappa shape index (κ1) is 14.3. The van der Waals surface area contributed by atoms with Gasteiger partial charge in [-0.3, -0.25) is 0 Å². The summed E-state index contributed by atoms with van der Waals surface area (Å²) in [4.78, 5) is 0. The van der Waals surface area contributed by atoms with Crippen molar-refractivity contribution < 1.29 is 14.6 Å². The Morgan fingerprint density at radius 2 is 2.05 bits per heavy atom. The van der Waals surface area contributed by atoms with E-state index in [0.717, 1.165) is 11.1 Å². The molecule has 0 unspecified atom stereocenters. The van der Waals surface area contributed by atoms with Gasteiger partial charge in [0.15, 0.2) is 5.79 Å². The van der Waals surface area contributed by atoms with Gasteiger partial charge in [0.05, 0.1) is 12.2 Å². The van der Waals surface area contributed by atoms with Gasteiger partial charge in [-0.05, 0) is 42.9 Å². The van der Waals surface area contributed by atoms with E-state index in [2.05, 4.69) is 28.6 Å². The largest absolute Gasteiger partial charge is 0.390 e. The predicted octanol–water partition coefficient (Wildman–Crippen LogP) is 3.18. The van der Waals surface area contributed by atoms with Crippen LogP contribution in [0.15, 0.2) is 35.8 Å². The highest BCUT2D eigenvalue weighted by molar-refractivity contribution is 7.03. The Bertz CT molecular complexity index is 670. The van der Waals surface area contributed by atoms with Crippen LogP contribution in [0.2, 0.25) is 0 Å². The summed E-state index contributed by atoms with van der Waals surface area (Å²) in [5.74, 6) is -0.461. The molecule has 1 N–H and O–H groups in total. The highest BCUT2D eigenvalue weighted by Gasteiger charge is 2.53. The van der Waals surface area contributed by atoms with Crippen LogP contribution < -0.4 is 0 Å². The van der Waals surface area contributed by atoms with Gasteiger partial charge in [0, 0.05) is 23.1 Å². The third-order valence-corrected chi connectivity index (χ3v) is 5.10. The van der Waals surface area contributed by atoms with Crippen molar-refractivity contribution in [3.8, 4) is 11.1 Å². The Labute approximate surface area is 133 Å². The van der Waals surface area contributed by atoms with Gasteiger partial charge in [-0.25, -0.2) is 4.37 Å². The van der Waals surface area contributed by atoms with Crippen molar-refractivity contribution >= 4 is 11.5 Å². The Morgan fingerprint density at radius 3 is 2.82 bits per heavy atom. The molecular formula is C17H19NO3S. The Hall–Kier alpha value is -1.27. The fraction of sp³-hybridized carbons (Fsp3) is 0.471. The lowest BCUT2D eigenvalue weighted by Crippen LogP contribution is -2.28. The molecule has 0 spiro atoms. The average Bonchev–Trinajstić information content (AvgIpc) is 3.17. The third-order valence-electron chi connectivity index (χ3n) is 4.52. The third kappa shape index (κ3) is 2.38. The van der Waals surface area contributed by atoms with Crippen molar-refractivity contribution in [2.75, 3.05) is 0 Å². The smallest absolute Gasteiger partial charge is 0.163 e. The predicted molar refractivity (Wildman–Crippen MR) is 84.7 cm³/mol. The van der Waals surface area contributed by atoms with Gasteiger partial charge in [-0.15, -0.1) is 0 Å². The summed E-state index contributed by atoms with van der Waals surface area (Å²) in [6.45, 7) is 3.81. The van der Waals surface area contributed by atoms with E-state index < -0.39 is 11.9 Å². The molecule has 1 aromatic carbocycles. The van der Waals surface area contributed by atoms with E-state index in [-0.39, 0.29) is 18.1 Å². The molecule has 1 aromatic heterocycles. The molecule has 2 aliphatic rings. The summed E-state index contributed by atoms with van der Waals surface area (Å²) >= 11 is 1.45. The SMILES string of the molecule is CC1(C)O[C@@H]2[C@H](O1)[C@@H](c1cccc(-c3cnsc3)c1)C[C@@H]2O. The standard InChI is InChI=1S/C17H19NO3S/c1-17(2)20-15-13(7-14(19)16(15)21-17)11-5-3-4-10(6-11)12-8-18-22-9-12/h3-6,8-9,13-16,19H,7H2,1-2H3/t13-,14+,15-,16+/m1/s1. The first-order valence-corrected chi connectivity index (χ1v) is 8.40. The van der Waals surface area contributed by atoms with Gasteiger partial charge in [-0.1, -0.05) is 24.3 Å². The number of benzene rings is 1. The number of hydrogen-bond acceptors (Lipinski definition) is 5. The molecule has 5 heteroatoms. The zero-order valence-electron chi connectivity index (χ0n) is 12.6. The Morgan fingerprint density at radius 1 is 1.23 bits per heavy atom. The van der Waals surface area contributed by atoms with E-state index in [4.69, 9.17) is 9.47 Å². The summed E-state index contributed by atoms with van der Waals surface area (Å²) in [5.41, 5.74) is 3.48. The van der Waals surface area contributed by atoms with Gasteiger partial charge in [0.1, 0.15) is 6.10 Å². The van der Waals surface area contributed by atoms with Gasteiger partial charge >= 0.3 is 0 Å².